The van der Waals surface area contributed by atoms with Crippen molar-refractivity contribution in [2.75, 3.05) is 24.1 Å². The molecule has 0 fully saturated rings. The SMILES string of the molecule is COCN1C(=O)CCc2cc(NC(=O)c3ccc(F)c(C)c3)ccc21. The molecule has 0 saturated heterocycles. The molecule has 0 unspecified atom stereocenters. The van der Waals surface area contributed by atoms with Gasteiger partial charge in [-0.2, -0.15) is 0 Å². The summed E-state index contributed by atoms with van der Waals surface area (Å²) in [4.78, 5) is 25.9. The summed E-state index contributed by atoms with van der Waals surface area (Å²) in [5.41, 5.74) is 3.23. The van der Waals surface area contributed by atoms with Crippen LogP contribution in [0, 0.1) is 12.7 Å². The predicted molar refractivity (Wildman–Crippen MR) is 93.2 cm³/mol. The van der Waals surface area contributed by atoms with Gasteiger partial charge in [0.1, 0.15) is 12.5 Å². The number of carbonyl (C=O) groups excluding carboxylic acids is 2. The molecule has 2 amide bonds. The third kappa shape index (κ3) is 3.53. The van der Waals surface area contributed by atoms with Crippen LogP contribution in [0.4, 0.5) is 15.8 Å². The number of ether oxygens (including phenoxy) is 1. The number of benzene rings is 2. The molecule has 0 atom stereocenters. The Kier molecular flexibility index (Phi) is 4.81. The molecule has 5 nitrogen and oxygen atoms in total. The zero-order valence-electron chi connectivity index (χ0n) is 14.1. The lowest BCUT2D eigenvalue weighted by molar-refractivity contribution is -0.119. The topological polar surface area (TPSA) is 58.6 Å². The van der Waals surface area contributed by atoms with Gasteiger partial charge in [0.25, 0.3) is 5.91 Å². The summed E-state index contributed by atoms with van der Waals surface area (Å²) in [6.45, 7) is 1.82. The molecule has 2 aromatic rings. The second-order valence-electron chi connectivity index (χ2n) is 6.00. The number of amides is 2. The van der Waals surface area contributed by atoms with Crippen molar-refractivity contribution >= 4 is 23.2 Å². The fourth-order valence-electron chi connectivity index (χ4n) is 2.90. The van der Waals surface area contributed by atoms with E-state index in [-0.39, 0.29) is 24.4 Å². The number of hydrogen-bond donors (Lipinski definition) is 1. The Morgan fingerprint density at radius 1 is 1.24 bits per heavy atom. The molecule has 1 aliphatic rings. The van der Waals surface area contributed by atoms with Gasteiger partial charge >= 0.3 is 0 Å². The van der Waals surface area contributed by atoms with Crippen LogP contribution in [0.2, 0.25) is 0 Å². The van der Waals surface area contributed by atoms with Crippen LogP contribution >= 0.6 is 0 Å². The summed E-state index contributed by atoms with van der Waals surface area (Å²) in [7, 11) is 1.54. The van der Waals surface area contributed by atoms with E-state index >= 15 is 0 Å². The highest BCUT2D eigenvalue weighted by atomic mass is 19.1. The summed E-state index contributed by atoms with van der Waals surface area (Å²) in [5.74, 6) is -0.621. The lowest BCUT2D eigenvalue weighted by Crippen LogP contribution is -2.36. The van der Waals surface area contributed by atoms with E-state index in [9.17, 15) is 14.0 Å². The minimum atomic E-state index is -0.340. The number of halogens is 1. The molecular weight excluding hydrogens is 323 g/mol. The van der Waals surface area contributed by atoms with Gasteiger partial charge in [0, 0.05) is 30.5 Å². The van der Waals surface area contributed by atoms with Crippen molar-refractivity contribution in [3.8, 4) is 0 Å². The van der Waals surface area contributed by atoms with E-state index in [4.69, 9.17) is 4.74 Å². The van der Waals surface area contributed by atoms with Crippen LogP contribution in [0.25, 0.3) is 0 Å². The third-order valence-electron chi connectivity index (χ3n) is 4.22. The largest absolute Gasteiger partial charge is 0.364 e. The van der Waals surface area contributed by atoms with Crippen molar-refractivity contribution in [2.45, 2.75) is 19.8 Å². The Labute approximate surface area is 145 Å². The van der Waals surface area contributed by atoms with Gasteiger partial charge in [0.2, 0.25) is 5.91 Å². The normalized spacial score (nSPS) is 13.6. The van der Waals surface area contributed by atoms with Gasteiger partial charge in [-0.25, -0.2) is 4.39 Å². The fraction of sp³-hybridized carbons (Fsp3) is 0.263. The van der Waals surface area contributed by atoms with Gasteiger partial charge in [-0.1, -0.05) is 0 Å². The summed E-state index contributed by atoms with van der Waals surface area (Å²) >= 11 is 0. The predicted octanol–water partition coefficient (Wildman–Crippen LogP) is 3.27. The molecule has 130 valence electrons. The number of nitrogens with one attached hydrogen (secondary N) is 1. The standard InChI is InChI=1S/C19H19FN2O3/c1-12-9-14(3-6-16(12)20)19(24)21-15-5-7-17-13(10-15)4-8-18(23)22(17)11-25-2/h3,5-7,9-10H,4,8,11H2,1-2H3,(H,21,24). The molecule has 25 heavy (non-hydrogen) atoms. The third-order valence-corrected chi connectivity index (χ3v) is 4.22. The first-order valence-corrected chi connectivity index (χ1v) is 7.99. The molecule has 0 radical (unpaired) electrons. The highest BCUT2D eigenvalue weighted by Gasteiger charge is 2.24. The Morgan fingerprint density at radius 2 is 2.04 bits per heavy atom. The molecule has 0 aliphatic carbocycles. The number of hydrogen-bond acceptors (Lipinski definition) is 3. The number of methoxy groups -OCH3 is 1. The van der Waals surface area contributed by atoms with Crippen LogP contribution in [0.3, 0.4) is 0 Å². The number of aryl methyl sites for hydroxylation is 2. The fourth-order valence-corrected chi connectivity index (χ4v) is 2.90. The molecular formula is C19H19FN2O3. The average Bonchev–Trinajstić information content (AvgIpc) is 2.60. The van der Waals surface area contributed by atoms with Crippen molar-refractivity contribution in [1.29, 1.82) is 0 Å². The van der Waals surface area contributed by atoms with Crippen LogP contribution in [0.1, 0.15) is 27.9 Å². The van der Waals surface area contributed by atoms with Crippen molar-refractivity contribution in [3.63, 3.8) is 0 Å². The van der Waals surface area contributed by atoms with E-state index in [0.29, 0.717) is 29.7 Å². The molecule has 2 aromatic carbocycles. The van der Waals surface area contributed by atoms with E-state index < -0.39 is 0 Å². The first-order chi connectivity index (χ1) is 12.0. The maximum atomic E-state index is 13.3. The van der Waals surface area contributed by atoms with Gasteiger partial charge in [-0.15, -0.1) is 0 Å². The minimum absolute atomic E-state index is 0.0212. The van der Waals surface area contributed by atoms with Crippen LogP contribution in [0.15, 0.2) is 36.4 Å². The van der Waals surface area contributed by atoms with E-state index in [2.05, 4.69) is 5.32 Å². The second-order valence-corrected chi connectivity index (χ2v) is 6.00. The van der Waals surface area contributed by atoms with Gasteiger partial charge < -0.3 is 10.1 Å². The maximum Gasteiger partial charge on any atom is 0.255 e. The number of fused-ring (bicyclic) bond motifs is 1. The number of anilines is 2. The first kappa shape index (κ1) is 17.1. The Hall–Kier alpha value is -2.73. The summed E-state index contributed by atoms with van der Waals surface area (Å²) in [6.07, 6.45) is 1.03. The molecule has 6 heteroatoms. The van der Waals surface area contributed by atoms with E-state index in [0.717, 1.165) is 11.3 Å². The van der Waals surface area contributed by atoms with Crippen molar-refractivity contribution in [3.05, 3.63) is 58.9 Å². The summed E-state index contributed by atoms with van der Waals surface area (Å²) < 4.78 is 18.4. The molecule has 0 aromatic heterocycles. The number of nitrogens with zero attached hydrogens (tertiary/aromatic N) is 1. The Bertz CT molecular complexity index is 835. The molecule has 1 aliphatic heterocycles. The first-order valence-electron chi connectivity index (χ1n) is 7.99. The van der Waals surface area contributed by atoms with Crippen LogP contribution in [0.5, 0.6) is 0 Å². The number of rotatable bonds is 4. The molecule has 3 rings (SSSR count). The highest BCUT2D eigenvalue weighted by molar-refractivity contribution is 6.05. The van der Waals surface area contributed by atoms with Gasteiger partial charge in [0.05, 0.1) is 0 Å². The quantitative estimate of drug-likeness (QED) is 0.928. The van der Waals surface area contributed by atoms with Gasteiger partial charge in [0.15, 0.2) is 0 Å². The minimum Gasteiger partial charge on any atom is -0.364 e. The zero-order valence-corrected chi connectivity index (χ0v) is 14.1. The Morgan fingerprint density at radius 3 is 2.76 bits per heavy atom. The average molecular weight is 342 g/mol. The second kappa shape index (κ2) is 7.03. The summed E-state index contributed by atoms with van der Waals surface area (Å²) in [5, 5.41) is 2.82. The van der Waals surface area contributed by atoms with Crippen molar-refractivity contribution in [1.82, 2.24) is 0 Å². The van der Waals surface area contributed by atoms with Crippen molar-refractivity contribution in [2.24, 2.45) is 0 Å². The smallest absolute Gasteiger partial charge is 0.255 e. The lowest BCUT2D eigenvalue weighted by Gasteiger charge is -2.29. The van der Waals surface area contributed by atoms with Crippen molar-refractivity contribution < 1.29 is 18.7 Å². The molecule has 1 heterocycles. The molecule has 0 saturated carbocycles. The lowest BCUT2D eigenvalue weighted by atomic mass is 10.0. The molecule has 0 spiro atoms. The molecule has 1 N–H and O–H groups in total. The highest BCUT2D eigenvalue weighted by Crippen LogP contribution is 2.30. The van der Waals surface area contributed by atoms with Crippen LogP contribution in [-0.4, -0.2) is 25.7 Å². The number of carbonyl (C=O) groups is 2. The maximum absolute atomic E-state index is 13.3. The summed E-state index contributed by atoms with van der Waals surface area (Å²) in [6, 6.07) is 9.66. The Balaban J connectivity index is 1.81. The van der Waals surface area contributed by atoms with E-state index in [1.54, 1.807) is 31.1 Å². The van der Waals surface area contributed by atoms with E-state index in [1.807, 2.05) is 6.07 Å². The van der Waals surface area contributed by atoms with Gasteiger partial charge in [-0.3, -0.25) is 14.5 Å². The van der Waals surface area contributed by atoms with Gasteiger partial charge in [-0.05, 0) is 60.9 Å². The van der Waals surface area contributed by atoms with Crippen LogP contribution < -0.4 is 10.2 Å². The zero-order chi connectivity index (χ0) is 18.0. The van der Waals surface area contributed by atoms with E-state index in [1.165, 1.54) is 18.2 Å². The molecule has 0 bridgehead atoms. The van der Waals surface area contributed by atoms with Crippen LogP contribution in [-0.2, 0) is 16.0 Å². The monoisotopic (exact) mass is 342 g/mol.